The monoisotopic (exact) mass is 545 g/mol. The van der Waals surface area contributed by atoms with Crippen molar-refractivity contribution in [2.75, 3.05) is 16.5 Å². The number of anilines is 2. The second kappa shape index (κ2) is 9.69. The summed E-state index contributed by atoms with van der Waals surface area (Å²) in [6, 6.07) is 12.0. The fourth-order valence-corrected chi connectivity index (χ4v) is 4.11. The molecule has 0 saturated heterocycles. The molecular formula is C27H21F2N7O4. The number of hydrogen-bond donors (Lipinski definition) is 3. The Morgan fingerprint density at radius 3 is 2.48 bits per heavy atom. The number of hydrogen-bond acceptors (Lipinski definition) is 6. The number of rotatable bonds is 7. The third-order valence-corrected chi connectivity index (χ3v) is 6.27. The lowest BCUT2D eigenvalue weighted by atomic mass is 10.2. The summed E-state index contributed by atoms with van der Waals surface area (Å²) >= 11 is 0. The lowest BCUT2D eigenvalue weighted by Crippen LogP contribution is -2.28. The maximum absolute atomic E-state index is 14.9. The Bertz CT molecular complexity index is 1840. The van der Waals surface area contributed by atoms with Gasteiger partial charge in [0.05, 0.1) is 24.3 Å². The van der Waals surface area contributed by atoms with Crippen LogP contribution in [0.4, 0.5) is 20.3 Å². The number of carbonyl (C=O) groups excluding carboxylic acids is 2. The average molecular weight is 546 g/mol. The van der Waals surface area contributed by atoms with E-state index in [1.165, 1.54) is 24.3 Å². The van der Waals surface area contributed by atoms with E-state index in [-0.39, 0.29) is 34.5 Å². The Balaban J connectivity index is 1.16. The molecule has 6 rings (SSSR count). The Labute approximate surface area is 224 Å². The first-order chi connectivity index (χ1) is 19.2. The zero-order valence-corrected chi connectivity index (χ0v) is 20.7. The van der Waals surface area contributed by atoms with Gasteiger partial charge in [0.1, 0.15) is 22.8 Å². The summed E-state index contributed by atoms with van der Waals surface area (Å²) < 4.78 is 36.4. The van der Waals surface area contributed by atoms with Gasteiger partial charge in [0.25, 0.3) is 11.5 Å². The van der Waals surface area contributed by atoms with Gasteiger partial charge in [-0.25, -0.2) is 18.6 Å². The molecule has 0 bridgehead atoms. The molecule has 0 aliphatic heterocycles. The van der Waals surface area contributed by atoms with Crippen molar-refractivity contribution >= 4 is 29.0 Å². The normalized spacial score (nSPS) is 12.8. The van der Waals surface area contributed by atoms with Crippen molar-refractivity contribution in [3.05, 3.63) is 101 Å². The summed E-state index contributed by atoms with van der Waals surface area (Å²) in [5.41, 5.74) is -0.130. The lowest BCUT2D eigenvalue weighted by Gasteiger charge is -2.09. The van der Waals surface area contributed by atoms with Crippen LogP contribution in [0.2, 0.25) is 0 Å². The van der Waals surface area contributed by atoms with E-state index >= 15 is 0 Å². The number of pyridine rings is 1. The standard InChI is InChI=1S/C27H21F2N7O4/c28-16-3-6-18(7-4-16)36-27(39)20(13-35(36)30)26(38)31-17-5-9-22(21(29)11-17)40-19-8-10-24-32-23(14-34(24)12-19)33-25(37)15-1-2-15/h3-15H,1-2,30H2,(H,31,38)(H,33,37). The average Bonchev–Trinajstić information content (AvgIpc) is 3.64. The molecule has 0 radical (unpaired) electrons. The maximum atomic E-state index is 14.9. The first kappa shape index (κ1) is 24.9. The molecule has 4 N–H and O–H groups in total. The number of nitrogens with one attached hydrogen (secondary N) is 2. The Morgan fingerprint density at radius 1 is 0.975 bits per heavy atom. The van der Waals surface area contributed by atoms with E-state index < -0.39 is 23.1 Å². The number of halogens is 2. The van der Waals surface area contributed by atoms with Gasteiger partial charge in [-0.1, -0.05) is 0 Å². The number of ether oxygens (including phenoxy) is 1. The predicted molar refractivity (Wildman–Crippen MR) is 141 cm³/mol. The summed E-state index contributed by atoms with van der Waals surface area (Å²) in [5.74, 6) is 4.37. The molecule has 2 aromatic carbocycles. The number of carbonyl (C=O) groups is 2. The molecule has 202 valence electrons. The van der Waals surface area contributed by atoms with Gasteiger partial charge in [0.2, 0.25) is 5.91 Å². The molecule has 11 nitrogen and oxygen atoms in total. The zero-order chi connectivity index (χ0) is 28.0. The fraction of sp³-hybridized carbons (Fsp3) is 0.111. The summed E-state index contributed by atoms with van der Waals surface area (Å²) in [7, 11) is 0. The van der Waals surface area contributed by atoms with Crippen molar-refractivity contribution in [3.63, 3.8) is 0 Å². The Morgan fingerprint density at radius 2 is 1.75 bits per heavy atom. The van der Waals surface area contributed by atoms with Crippen molar-refractivity contribution in [2.24, 2.45) is 5.92 Å². The second-order valence-electron chi connectivity index (χ2n) is 9.24. The van der Waals surface area contributed by atoms with Crippen LogP contribution in [-0.4, -0.2) is 30.7 Å². The molecule has 3 aromatic heterocycles. The van der Waals surface area contributed by atoms with E-state index in [1.54, 1.807) is 28.9 Å². The van der Waals surface area contributed by atoms with E-state index in [1.807, 2.05) is 0 Å². The summed E-state index contributed by atoms with van der Waals surface area (Å²) in [6.45, 7) is 0. The van der Waals surface area contributed by atoms with E-state index in [0.717, 1.165) is 46.7 Å². The molecule has 2 amide bonds. The predicted octanol–water partition coefficient (Wildman–Crippen LogP) is 3.67. The van der Waals surface area contributed by atoms with Crippen molar-refractivity contribution < 1.29 is 23.1 Å². The highest BCUT2D eigenvalue weighted by molar-refractivity contribution is 6.04. The second-order valence-corrected chi connectivity index (χ2v) is 9.24. The van der Waals surface area contributed by atoms with Crippen molar-refractivity contribution in [3.8, 4) is 17.2 Å². The van der Waals surface area contributed by atoms with Crippen LogP contribution in [-0.2, 0) is 4.79 Å². The summed E-state index contributed by atoms with van der Waals surface area (Å²) in [5, 5.41) is 5.24. The summed E-state index contributed by atoms with van der Waals surface area (Å²) in [4.78, 5) is 42.8. The number of imidazole rings is 1. The molecule has 5 aromatic rings. The van der Waals surface area contributed by atoms with Gasteiger partial charge < -0.3 is 25.6 Å². The van der Waals surface area contributed by atoms with Crippen molar-refractivity contribution in [1.29, 1.82) is 0 Å². The first-order valence-electron chi connectivity index (χ1n) is 12.2. The van der Waals surface area contributed by atoms with E-state index in [9.17, 15) is 23.2 Å². The number of nitrogen functional groups attached to an aromatic ring is 1. The topological polar surface area (TPSA) is 138 Å². The third kappa shape index (κ3) is 4.87. The van der Waals surface area contributed by atoms with Crippen LogP contribution in [0, 0.1) is 17.6 Å². The lowest BCUT2D eigenvalue weighted by molar-refractivity contribution is -0.117. The molecule has 1 fully saturated rings. The third-order valence-electron chi connectivity index (χ3n) is 6.27. The molecule has 3 heterocycles. The van der Waals surface area contributed by atoms with Crippen LogP contribution in [0.25, 0.3) is 11.3 Å². The highest BCUT2D eigenvalue weighted by atomic mass is 19.1. The number of aromatic nitrogens is 4. The van der Waals surface area contributed by atoms with Crippen LogP contribution in [0.15, 0.2) is 78.0 Å². The number of fused-ring (bicyclic) bond motifs is 1. The highest BCUT2D eigenvalue weighted by Crippen LogP contribution is 2.31. The largest absolute Gasteiger partial charge is 0.453 e. The molecule has 1 saturated carbocycles. The smallest absolute Gasteiger partial charge is 0.285 e. The quantitative estimate of drug-likeness (QED) is 0.267. The van der Waals surface area contributed by atoms with Gasteiger partial charge in [-0.15, -0.1) is 0 Å². The van der Waals surface area contributed by atoms with Gasteiger partial charge in [0, 0.05) is 17.7 Å². The number of amides is 2. The molecular weight excluding hydrogens is 524 g/mol. The van der Waals surface area contributed by atoms with Crippen molar-refractivity contribution in [1.82, 2.24) is 18.9 Å². The van der Waals surface area contributed by atoms with Crippen LogP contribution in [0.1, 0.15) is 23.2 Å². The van der Waals surface area contributed by atoms with Crippen molar-refractivity contribution in [2.45, 2.75) is 12.8 Å². The van der Waals surface area contributed by atoms with Gasteiger partial charge >= 0.3 is 0 Å². The number of nitrogens with two attached hydrogens (primary N) is 1. The first-order valence-corrected chi connectivity index (χ1v) is 12.2. The van der Waals surface area contributed by atoms with E-state index in [2.05, 4.69) is 15.6 Å². The van der Waals surface area contributed by atoms with Gasteiger partial charge in [-0.3, -0.25) is 14.4 Å². The van der Waals surface area contributed by atoms with Crippen LogP contribution in [0.5, 0.6) is 11.5 Å². The molecule has 1 aliphatic carbocycles. The van der Waals surface area contributed by atoms with Gasteiger partial charge in [0.15, 0.2) is 17.4 Å². The molecule has 1 aliphatic rings. The van der Waals surface area contributed by atoms with Crippen LogP contribution < -0.4 is 26.8 Å². The summed E-state index contributed by atoms with van der Waals surface area (Å²) in [6.07, 6.45) is 6.10. The Hall–Kier alpha value is -5.46. The number of nitrogens with zero attached hydrogens (tertiary/aromatic N) is 4. The highest BCUT2D eigenvalue weighted by Gasteiger charge is 2.30. The van der Waals surface area contributed by atoms with Crippen LogP contribution >= 0.6 is 0 Å². The minimum atomic E-state index is -0.812. The van der Waals surface area contributed by atoms with E-state index in [4.69, 9.17) is 10.6 Å². The molecule has 13 heteroatoms. The molecule has 0 unspecified atom stereocenters. The molecule has 40 heavy (non-hydrogen) atoms. The zero-order valence-electron chi connectivity index (χ0n) is 20.7. The number of benzene rings is 2. The SMILES string of the molecule is Nn1cc(C(=O)Nc2ccc(Oc3ccc4nc(NC(=O)C5CC5)cn4c3)c(F)c2)c(=O)n1-c1ccc(F)cc1. The Kier molecular flexibility index (Phi) is 6.02. The minimum Gasteiger partial charge on any atom is -0.453 e. The van der Waals surface area contributed by atoms with Gasteiger partial charge in [-0.2, -0.15) is 4.68 Å². The van der Waals surface area contributed by atoms with E-state index in [0.29, 0.717) is 17.2 Å². The van der Waals surface area contributed by atoms with Crippen LogP contribution in [0.3, 0.4) is 0 Å². The molecule has 0 spiro atoms. The minimum absolute atomic E-state index is 0.0429. The van der Waals surface area contributed by atoms with Gasteiger partial charge in [-0.05, 0) is 61.4 Å². The fourth-order valence-electron chi connectivity index (χ4n) is 4.11. The maximum Gasteiger partial charge on any atom is 0.285 e. The molecule has 0 atom stereocenters.